The SMILES string of the molecule is NC(=O)c1ccc(C=O)cc1S(N)(=O)=O. The lowest BCUT2D eigenvalue weighted by molar-refractivity contribution is 0.0996. The van der Waals surface area contributed by atoms with Gasteiger partial charge in [0.25, 0.3) is 0 Å². The molecular weight excluding hydrogens is 220 g/mol. The molecule has 80 valence electrons. The maximum atomic E-state index is 11.1. The van der Waals surface area contributed by atoms with E-state index < -0.39 is 20.8 Å². The summed E-state index contributed by atoms with van der Waals surface area (Å²) in [5.74, 6) is -0.920. The molecule has 0 unspecified atom stereocenters. The summed E-state index contributed by atoms with van der Waals surface area (Å²) >= 11 is 0. The van der Waals surface area contributed by atoms with Crippen molar-refractivity contribution in [1.29, 1.82) is 0 Å². The third-order valence-corrected chi connectivity index (χ3v) is 2.66. The topological polar surface area (TPSA) is 120 Å². The van der Waals surface area contributed by atoms with E-state index in [-0.39, 0.29) is 11.1 Å². The van der Waals surface area contributed by atoms with Crippen LogP contribution in [0.5, 0.6) is 0 Å². The zero-order valence-corrected chi connectivity index (χ0v) is 8.32. The van der Waals surface area contributed by atoms with Gasteiger partial charge in [-0.1, -0.05) is 6.07 Å². The first-order chi connectivity index (χ1) is 6.86. The largest absolute Gasteiger partial charge is 0.366 e. The van der Waals surface area contributed by atoms with Crippen molar-refractivity contribution in [2.24, 2.45) is 10.9 Å². The minimum atomic E-state index is -4.07. The van der Waals surface area contributed by atoms with Crippen LogP contribution in [-0.2, 0) is 10.0 Å². The quantitative estimate of drug-likeness (QED) is 0.661. The van der Waals surface area contributed by atoms with Crippen LogP contribution in [0.15, 0.2) is 23.1 Å². The van der Waals surface area contributed by atoms with Crippen molar-refractivity contribution in [3.63, 3.8) is 0 Å². The summed E-state index contributed by atoms with van der Waals surface area (Å²) in [5.41, 5.74) is 4.82. The number of amides is 1. The molecule has 7 heteroatoms. The van der Waals surface area contributed by atoms with E-state index in [1.165, 1.54) is 6.07 Å². The Kier molecular flexibility index (Phi) is 2.87. The summed E-state index contributed by atoms with van der Waals surface area (Å²) in [4.78, 5) is 20.9. The number of carbonyl (C=O) groups is 2. The number of primary amides is 1. The fourth-order valence-corrected chi connectivity index (χ4v) is 1.83. The van der Waals surface area contributed by atoms with Gasteiger partial charge in [0.2, 0.25) is 15.9 Å². The van der Waals surface area contributed by atoms with E-state index in [2.05, 4.69) is 0 Å². The van der Waals surface area contributed by atoms with Gasteiger partial charge in [-0.05, 0) is 12.1 Å². The van der Waals surface area contributed by atoms with Crippen molar-refractivity contribution < 1.29 is 18.0 Å². The molecule has 0 aliphatic rings. The summed E-state index contributed by atoms with van der Waals surface area (Å²) in [6.07, 6.45) is 0.444. The Morgan fingerprint density at radius 3 is 2.33 bits per heavy atom. The maximum absolute atomic E-state index is 11.1. The van der Waals surface area contributed by atoms with Crippen molar-refractivity contribution >= 4 is 22.2 Å². The molecule has 0 spiro atoms. The van der Waals surface area contributed by atoms with Crippen LogP contribution in [-0.4, -0.2) is 20.6 Å². The van der Waals surface area contributed by atoms with Crippen molar-refractivity contribution in [1.82, 2.24) is 0 Å². The summed E-state index contributed by atoms with van der Waals surface area (Å²) in [6.45, 7) is 0. The highest BCUT2D eigenvalue weighted by atomic mass is 32.2. The van der Waals surface area contributed by atoms with Gasteiger partial charge in [0.1, 0.15) is 6.29 Å². The van der Waals surface area contributed by atoms with Gasteiger partial charge >= 0.3 is 0 Å². The molecular formula is C8H8N2O4S. The zero-order valence-electron chi connectivity index (χ0n) is 7.51. The standard InChI is InChI=1S/C8H8N2O4S/c9-8(12)6-2-1-5(4-11)3-7(6)15(10,13)14/h1-4H,(H2,9,12)(H2,10,13,14). The van der Waals surface area contributed by atoms with E-state index in [0.29, 0.717) is 6.29 Å². The molecule has 0 saturated heterocycles. The van der Waals surface area contributed by atoms with E-state index in [9.17, 15) is 18.0 Å². The van der Waals surface area contributed by atoms with Gasteiger partial charge in [-0.25, -0.2) is 13.6 Å². The minimum absolute atomic E-state index is 0.101. The van der Waals surface area contributed by atoms with Gasteiger partial charge in [-0.2, -0.15) is 0 Å². The lowest BCUT2D eigenvalue weighted by Gasteiger charge is -2.04. The van der Waals surface area contributed by atoms with Gasteiger partial charge in [-0.3, -0.25) is 9.59 Å². The number of sulfonamides is 1. The Labute approximate surface area is 85.9 Å². The number of rotatable bonds is 3. The monoisotopic (exact) mass is 228 g/mol. The lowest BCUT2D eigenvalue weighted by atomic mass is 10.1. The Balaban J connectivity index is 3.56. The van der Waals surface area contributed by atoms with Crippen LogP contribution >= 0.6 is 0 Å². The summed E-state index contributed by atoms with van der Waals surface area (Å²) < 4.78 is 22.2. The van der Waals surface area contributed by atoms with Crippen LogP contribution in [0.2, 0.25) is 0 Å². The van der Waals surface area contributed by atoms with Gasteiger partial charge in [0.15, 0.2) is 0 Å². The zero-order chi connectivity index (χ0) is 11.6. The van der Waals surface area contributed by atoms with Gasteiger partial charge in [-0.15, -0.1) is 0 Å². The van der Waals surface area contributed by atoms with Crippen LogP contribution in [0, 0.1) is 0 Å². The Bertz CT molecular complexity index is 521. The molecule has 0 aromatic heterocycles. The highest BCUT2D eigenvalue weighted by Gasteiger charge is 2.17. The lowest BCUT2D eigenvalue weighted by Crippen LogP contribution is -2.20. The molecule has 0 aliphatic carbocycles. The van der Waals surface area contributed by atoms with E-state index in [0.717, 1.165) is 12.1 Å². The molecule has 0 atom stereocenters. The van der Waals surface area contributed by atoms with Crippen LogP contribution < -0.4 is 10.9 Å². The maximum Gasteiger partial charge on any atom is 0.250 e. The number of benzene rings is 1. The van der Waals surface area contributed by atoms with Crippen molar-refractivity contribution in [3.8, 4) is 0 Å². The Morgan fingerprint density at radius 2 is 1.93 bits per heavy atom. The second kappa shape index (κ2) is 3.79. The predicted octanol–water partition coefficient (Wildman–Crippen LogP) is -0.755. The van der Waals surface area contributed by atoms with Crippen molar-refractivity contribution in [3.05, 3.63) is 29.3 Å². The third kappa shape index (κ3) is 2.39. The molecule has 0 saturated carbocycles. The van der Waals surface area contributed by atoms with Crippen molar-refractivity contribution in [2.75, 3.05) is 0 Å². The number of primary sulfonamides is 1. The molecule has 1 amide bonds. The van der Waals surface area contributed by atoms with Gasteiger partial charge < -0.3 is 5.73 Å². The van der Waals surface area contributed by atoms with Gasteiger partial charge in [0, 0.05) is 5.56 Å². The van der Waals surface area contributed by atoms with E-state index in [1.807, 2.05) is 0 Å². The van der Waals surface area contributed by atoms with E-state index in [1.54, 1.807) is 0 Å². The molecule has 15 heavy (non-hydrogen) atoms. The van der Waals surface area contributed by atoms with E-state index in [4.69, 9.17) is 10.9 Å². The number of nitrogens with two attached hydrogens (primary N) is 2. The molecule has 6 nitrogen and oxygen atoms in total. The highest BCUT2D eigenvalue weighted by Crippen LogP contribution is 2.15. The fourth-order valence-electron chi connectivity index (χ4n) is 1.05. The average Bonchev–Trinajstić information content (AvgIpc) is 2.15. The molecule has 0 aliphatic heterocycles. The average molecular weight is 228 g/mol. The Morgan fingerprint density at radius 1 is 1.33 bits per heavy atom. The van der Waals surface area contributed by atoms with Crippen LogP contribution in [0.1, 0.15) is 20.7 Å². The molecule has 1 aromatic carbocycles. The second-order valence-electron chi connectivity index (χ2n) is 2.78. The third-order valence-electron chi connectivity index (χ3n) is 1.71. The number of carbonyl (C=O) groups excluding carboxylic acids is 2. The number of aldehydes is 1. The predicted molar refractivity (Wildman–Crippen MR) is 51.7 cm³/mol. The minimum Gasteiger partial charge on any atom is -0.366 e. The molecule has 0 fully saturated rings. The summed E-state index contributed by atoms with van der Waals surface area (Å²) in [5, 5.41) is 4.87. The van der Waals surface area contributed by atoms with Crippen molar-refractivity contribution in [2.45, 2.75) is 4.90 Å². The summed E-state index contributed by atoms with van der Waals surface area (Å²) in [6, 6.07) is 3.43. The van der Waals surface area contributed by atoms with Crippen LogP contribution in [0.3, 0.4) is 0 Å². The van der Waals surface area contributed by atoms with E-state index >= 15 is 0 Å². The first-order valence-electron chi connectivity index (χ1n) is 3.78. The molecule has 0 radical (unpaired) electrons. The summed E-state index contributed by atoms with van der Waals surface area (Å²) in [7, 11) is -4.07. The molecule has 1 aromatic rings. The number of hydrogen-bond donors (Lipinski definition) is 2. The first kappa shape index (κ1) is 11.3. The van der Waals surface area contributed by atoms with Crippen LogP contribution in [0.25, 0.3) is 0 Å². The Hall–Kier alpha value is -1.73. The molecule has 4 N–H and O–H groups in total. The van der Waals surface area contributed by atoms with Gasteiger partial charge in [0.05, 0.1) is 10.5 Å². The molecule has 1 rings (SSSR count). The molecule has 0 heterocycles. The smallest absolute Gasteiger partial charge is 0.250 e. The number of hydrogen-bond acceptors (Lipinski definition) is 4. The first-order valence-corrected chi connectivity index (χ1v) is 5.32. The van der Waals surface area contributed by atoms with Crippen LogP contribution in [0.4, 0.5) is 0 Å². The normalized spacial score (nSPS) is 11.0. The molecule has 0 bridgehead atoms. The highest BCUT2D eigenvalue weighted by molar-refractivity contribution is 7.89. The second-order valence-corrected chi connectivity index (χ2v) is 4.31. The fraction of sp³-hybridized carbons (Fsp3) is 0.